The maximum Gasteiger partial charge on any atom is 0.246 e. The number of rotatable bonds is 3. The Labute approximate surface area is 129 Å². The molecule has 1 fully saturated rings. The van der Waals surface area contributed by atoms with Crippen LogP contribution >= 0.6 is 0 Å². The first kappa shape index (κ1) is 15.2. The van der Waals surface area contributed by atoms with Gasteiger partial charge in [-0.05, 0) is 26.7 Å². The minimum absolute atomic E-state index is 0.124. The summed E-state index contributed by atoms with van der Waals surface area (Å²) in [6.45, 7) is 6.06. The first-order chi connectivity index (χ1) is 10.4. The molecule has 22 heavy (non-hydrogen) atoms. The lowest BCUT2D eigenvalue weighted by Gasteiger charge is -2.29. The van der Waals surface area contributed by atoms with Gasteiger partial charge < -0.3 is 4.42 Å². The second-order valence-electron chi connectivity index (χ2n) is 5.60. The number of aryl methyl sites for hydroxylation is 3. The SMILES string of the molecule is Cc1nnc(C2CCN(S(=O)(=O)c3c(C)n[nH]c3C)CC2)o1. The highest BCUT2D eigenvalue weighted by molar-refractivity contribution is 7.89. The smallest absolute Gasteiger partial charge is 0.246 e. The van der Waals surface area contributed by atoms with Gasteiger partial charge in [0.25, 0.3) is 0 Å². The lowest BCUT2D eigenvalue weighted by Crippen LogP contribution is -2.38. The Balaban J connectivity index is 1.76. The second-order valence-corrected chi connectivity index (χ2v) is 7.48. The van der Waals surface area contributed by atoms with E-state index in [0.717, 1.165) is 0 Å². The van der Waals surface area contributed by atoms with Crippen molar-refractivity contribution in [2.45, 2.75) is 44.4 Å². The monoisotopic (exact) mass is 325 g/mol. The first-order valence-corrected chi connectivity index (χ1v) is 8.65. The number of aromatic amines is 1. The van der Waals surface area contributed by atoms with Gasteiger partial charge in [0.2, 0.25) is 21.8 Å². The summed E-state index contributed by atoms with van der Waals surface area (Å²) < 4.78 is 32.5. The molecule has 0 amide bonds. The van der Waals surface area contributed by atoms with E-state index >= 15 is 0 Å². The maximum atomic E-state index is 12.8. The van der Waals surface area contributed by atoms with E-state index in [1.165, 1.54) is 4.31 Å². The Hall–Kier alpha value is -1.74. The van der Waals surface area contributed by atoms with Gasteiger partial charge in [-0.25, -0.2) is 8.42 Å². The van der Waals surface area contributed by atoms with Gasteiger partial charge in [0.1, 0.15) is 4.90 Å². The van der Waals surface area contributed by atoms with Crippen molar-refractivity contribution in [3.63, 3.8) is 0 Å². The van der Waals surface area contributed by atoms with Gasteiger partial charge >= 0.3 is 0 Å². The Morgan fingerprint density at radius 1 is 1.18 bits per heavy atom. The van der Waals surface area contributed by atoms with Gasteiger partial charge in [-0.15, -0.1) is 10.2 Å². The summed E-state index contributed by atoms with van der Waals surface area (Å²) in [6, 6.07) is 0. The fourth-order valence-electron chi connectivity index (χ4n) is 2.87. The van der Waals surface area contributed by atoms with Crippen molar-refractivity contribution < 1.29 is 12.8 Å². The number of sulfonamides is 1. The van der Waals surface area contributed by atoms with E-state index in [1.54, 1.807) is 20.8 Å². The first-order valence-electron chi connectivity index (χ1n) is 7.21. The molecule has 9 heteroatoms. The van der Waals surface area contributed by atoms with Crippen molar-refractivity contribution in [2.24, 2.45) is 0 Å². The molecule has 3 heterocycles. The number of hydrogen-bond acceptors (Lipinski definition) is 6. The van der Waals surface area contributed by atoms with Crippen LogP contribution in [0.15, 0.2) is 9.31 Å². The summed E-state index contributed by atoms with van der Waals surface area (Å²) in [6.07, 6.45) is 1.35. The number of H-pyrrole nitrogens is 1. The van der Waals surface area contributed by atoms with Crippen molar-refractivity contribution >= 4 is 10.0 Å². The maximum absolute atomic E-state index is 12.8. The molecule has 1 aliphatic rings. The molecule has 0 spiro atoms. The van der Waals surface area contributed by atoms with Crippen molar-refractivity contribution in [2.75, 3.05) is 13.1 Å². The zero-order valence-electron chi connectivity index (χ0n) is 12.8. The van der Waals surface area contributed by atoms with E-state index in [9.17, 15) is 8.42 Å². The van der Waals surface area contributed by atoms with Crippen LogP contribution in [0.4, 0.5) is 0 Å². The molecule has 120 valence electrons. The van der Waals surface area contributed by atoms with Crippen molar-refractivity contribution in [1.82, 2.24) is 24.7 Å². The van der Waals surface area contributed by atoms with Gasteiger partial charge in [-0.2, -0.15) is 9.40 Å². The zero-order chi connectivity index (χ0) is 15.9. The van der Waals surface area contributed by atoms with Gasteiger partial charge in [0, 0.05) is 25.9 Å². The van der Waals surface area contributed by atoms with Crippen molar-refractivity contribution in [3.05, 3.63) is 23.2 Å². The molecule has 0 aliphatic carbocycles. The van der Waals surface area contributed by atoms with E-state index in [2.05, 4.69) is 20.4 Å². The van der Waals surface area contributed by atoms with E-state index in [-0.39, 0.29) is 5.92 Å². The van der Waals surface area contributed by atoms with Crippen LogP contribution in [0, 0.1) is 20.8 Å². The van der Waals surface area contributed by atoms with Gasteiger partial charge in [-0.1, -0.05) is 0 Å². The quantitative estimate of drug-likeness (QED) is 0.911. The number of piperidine rings is 1. The minimum Gasteiger partial charge on any atom is -0.425 e. The molecule has 0 radical (unpaired) electrons. The Kier molecular flexibility index (Phi) is 3.77. The summed E-state index contributed by atoms with van der Waals surface area (Å²) in [7, 11) is -3.51. The number of hydrogen-bond donors (Lipinski definition) is 1. The Morgan fingerprint density at radius 3 is 2.36 bits per heavy atom. The lowest BCUT2D eigenvalue weighted by molar-refractivity contribution is 0.287. The standard InChI is InChI=1S/C13H19N5O3S/c1-8-12(9(2)15-14-8)22(19,20)18-6-4-11(5-7-18)13-17-16-10(3)21-13/h11H,4-7H2,1-3H3,(H,14,15). The third-order valence-electron chi connectivity index (χ3n) is 4.00. The molecule has 1 aliphatic heterocycles. The predicted octanol–water partition coefficient (Wildman–Crippen LogP) is 1.29. The summed E-state index contributed by atoms with van der Waals surface area (Å²) in [4.78, 5) is 0.291. The molecule has 1 saturated heterocycles. The van der Waals surface area contributed by atoms with Crippen LogP contribution in [0.2, 0.25) is 0 Å². The second kappa shape index (κ2) is 5.47. The molecule has 1 N–H and O–H groups in total. The van der Waals surface area contributed by atoms with Crippen molar-refractivity contribution in [1.29, 1.82) is 0 Å². The number of nitrogens with zero attached hydrogens (tertiary/aromatic N) is 4. The van der Waals surface area contributed by atoms with E-state index in [0.29, 0.717) is 54.0 Å². The average molecular weight is 325 g/mol. The Bertz CT molecular complexity index is 752. The molecular weight excluding hydrogens is 306 g/mol. The number of aromatic nitrogens is 4. The van der Waals surface area contributed by atoms with Gasteiger partial charge in [0.05, 0.1) is 11.4 Å². The number of nitrogens with one attached hydrogen (secondary N) is 1. The molecule has 2 aromatic heterocycles. The highest BCUT2D eigenvalue weighted by atomic mass is 32.2. The average Bonchev–Trinajstić information content (AvgIpc) is 3.05. The molecule has 0 atom stereocenters. The molecule has 3 rings (SSSR count). The van der Waals surface area contributed by atoms with Crippen LogP contribution < -0.4 is 0 Å². The largest absolute Gasteiger partial charge is 0.425 e. The Morgan fingerprint density at radius 2 is 1.86 bits per heavy atom. The van der Waals surface area contributed by atoms with Crippen LogP contribution in [0.3, 0.4) is 0 Å². The molecule has 2 aromatic rings. The highest BCUT2D eigenvalue weighted by Gasteiger charge is 2.34. The fourth-order valence-corrected chi connectivity index (χ4v) is 4.67. The topological polar surface area (TPSA) is 105 Å². The predicted molar refractivity (Wildman–Crippen MR) is 77.8 cm³/mol. The zero-order valence-corrected chi connectivity index (χ0v) is 13.6. The van der Waals surface area contributed by atoms with Crippen LogP contribution in [0.1, 0.15) is 41.9 Å². The van der Waals surface area contributed by atoms with Gasteiger partial charge in [-0.3, -0.25) is 5.10 Å². The van der Waals surface area contributed by atoms with E-state index in [1.807, 2.05) is 0 Å². The summed E-state index contributed by atoms with van der Waals surface area (Å²) in [5.74, 6) is 1.26. The van der Waals surface area contributed by atoms with Crippen LogP contribution in [0.5, 0.6) is 0 Å². The third kappa shape index (κ3) is 2.54. The van der Waals surface area contributed by atoms with Crippen LogP contribution in [-0.2, 0) is 10.0 Å². The molecule has 0 saturated carbocycles. The summed E-state index contributed by atoms with van der Waals surface area (Å²) in [5.41, 5.74) is 1.08. The summed E-state index contributed by atoms with van der Waals surface area (Å²) >= 11 is 0. The molecular formula is C13H19N5O3S. The molecule has 0 bridgehead atoms. The minimum atomic E-state index is -3.51. The van der Waals surface area contributed by atoms with Crippen LogP contribution in [0.25, 0.3) is 0 Å². The van der Waals surface area contributed by atoms with E-state index in [4.69, 9.17) is 4.42 Å². The lowest BCUT2D eigenvalue weighted by atomic mass is 9.98. The van der Waals surface area contributed by atoms with Crippen LogP contribution in [-0.4, -0.2) is 46.2 Å². The van der Waals surface area contributed by atoms with E-state index < -0.39 is 10.0 Å². The highest BCUT2D eigenvalue weighted by Crippen LogP contribution is 2.31. The molecule has 0 unspecified atom stereocenters. The molecule has 8 nitrogen and oxygen atoms in total. The molecule has 0 aromatic carbocycles. The van der Waals surface area contributed by atoms with Crippen molar-refractivity contribution in [3.8, 4) is 0 Å². The fraction of sp³-hybridized carbons (Fsp3) is 0.615. The third-order valence-corrected chi connectivity index (χ3v) is 6.17. The normalized spacial score (nSPS) is 18.0. The summed E-state index contributed by atoms with van der Waals surface area (Å²) in [5, 5.41) is 14.6. The van der Waals surface area contributed by atoms with Gasteiger partial charge in [0.15, 0.2) is 0 Å².